The Morgan fingerprint density at radius 1 is 1.05 bits per heavy atom. The fourth-order valence-corrected chi connectivity index (χ4v) is 1.77. The Labute approximate surface area is 126 Å². The number of amides is 2. The summed E-state index contributed by atoms with van der Waals surface area (Å²) < 4.78 is 13.0. The summed E-state index contributed by atoms with van der Waals surface area (Å²) in [5.74, 6) is -1.24. The molecule has 2 rings (SSSR count). The van der Waals surface area contributed by atoms with Crippen molar-refractivity contribution in [3.05, 3.63) is 65.5 Å². The number of hydrogen-bond acceptors (Lipinski definition) is 3. The minimum absolute atomic E-state index is 0.150. The van der Waals surface area contributed by atoms with Crippen LogP contribution in [0.25, 0.3) is 0 Å². The Hall–Kier alpha value is -2.89. The van der Waals surface area contributed by atoms with Gasteiger partial charge in [-0.15, -0.1) is 0 Å². The minimum atomic E-state index is -0.515. The largest absolute Gasteiger partial charge is 0.508 e. The maximum atomic E-state index is 13.0. The number of hydrogen-bond donors (Lipinski definition) is 3. The number of aromatic hydroxyl groups is 1. The molecule has 0 atom stereocenters. The van der Waals surface area contributed by atoms with E-state index in [1.165, 1.54) is 30.3 Å². The fraction of sp³-hybridized carbons (Fsp3) is 0.125. The van der Waals surface area contributed by atoms with Crippen LogP contribution in [0.15, 0.2) is 48.5 Å². The van der Waals surface area contributed by atoms with Gasteiger partial charge in [0.05, 0.1) is 6.54 Å². The molecule has 3 N–H and O–H groups in total. The molecule has 0 spiro atoms. The summed E-state index contributed by atoms with van der Waals surface area (Å²) in [5.41, 5.74) is 0.981. The average Bonchev–Trinajstić information content (AvgIpc) is 2.52. The molecular formula is C16H15FN2O3. The van der Waals surface area contributed by atoms with Gasteiger partial charge in [0.1, 0.15) is 11.6 Å². The normalized spacial score (nSPS) is 10.0. The van der Waals surface area contributed by atoms with Gasteiger partial charge in [-0.25, -0.2) is 4.39 Å². The molecule has 0 aromatic heterocycles. The number of carbonyl (C=O) groups is 2. The van der Waals surface area contributed by atoms with Gasteiger partial charge in [0, 0.05) is 12.1 Å². The van der Waals surface area contributed by atoms with Crippen LogP contribution in [0.1, 0.15) is 15.9 Å². The molecule has 0 heterocycles. The Balaban J connectivity index is 1.78. The van der Waals surface area contributed by atoms with Crippen molar-refractivity contribution in [2.24, 2.45) is 0 Å². The second kappa shape index (κ2) is 7.21. The molecule has 2 amide bonds. The van der Waals surface area contributed by atoms with Crippen molar-refractivity contribution in [3.8, 4) is 5.75 Å². The Kier molecular flexibility index (Phi) is 5.08. The van der Waals surface area contributed by atoms with Gasteiger partial charge in [-0.3, -0.25) is 9.59 Å². The summed E-state index contributed by atoms with van der Waals surface area (Å²) >= 11 is 0. The predicted molar refractivity (Wildman–Crippen MR) is 78.7 cm³/mol. The summed E-state index contributed by atoms with van der Waals surface area (Å²) in [7, 11) is 0. The number of phenolic OH excluding ortho intramolecular Hbond substituents is 1. The van der Waals surface area contributed by atoms with E-state index in [0.717, 1.165) is 11.6 Å². The second-order valence-corrected chi connectivity index (χ2v) is 4.64. The molecule has 0 radical (unpaired) electrons. The molecule has 2 aromatic carbocycles. The van der Waals surface area contributed by atoms with Gasteiger partial charge in [0.2, 0.25) is 5.91 Å². The molecule has 0 saturated heterocycles. The lowest BCUT2D eigenvalue weighted by Gasteiger charge is -2.07. The summed E-state index contributed by atoms with van der Waals surface area (Å²) in [6, 6.07) is 11.6. The van der Waals surface area contributed by atoms with E-state index < -0.39 is 11.7 Å². The first-order valence-corrected chi connectivity index (χ1v) is 6.63. The Morgan fingerprint density at radius 2 is 1.77 bits per heavy atom. The number of carbonyl (C=O) groups excluding carboxylic acids is 2. The van der Waals surface area contributed by atoms with Crippen LogP contribution in [0.2, 0.25) is 0 Å². The Morgan fingerprint density at radius 3 is 2.45 bits per heavy atom. The summed E-state index contributed by atoms with van der Waals surface area (Å²) in [6.07, 6.45) is 0. The molecule has 0 aliphatic carbocycles. The molecule has 0 saturated carbocycles. The predicted octanol–water partition coefficient (Wildman–Crippen LogP) is 1.58. The third-order valence-electron chi connectivity index (χ3n) is 2.92. The number of halogens is 1. The van der Waals surface area contributed by atoms with Crippen molar-refractivity contribution in [2.75, 3.05) is 6.54 Å². The molecule has 114 valence electrons. The topological polar surface area (TPSA) is 78.4 Å². The second-order valence-electron chi connectivity index (χ2n) is 4.64. The third kappa shape index (κ3) is 4.59. The molecule has 0 unspecified atom stereocenters. The van der Waals surface area contributed by atoms with Gasteiger partial charge < -0.3 is 15.7 Å². The van der Waals surface area contributed by atoms with Gasteiger partial charge in [0.25, 0.3) is 5.91 Å². The van der Waals surface area contributed by atoms with E-state index in [4.69, 9.17) is 5.11 Å². The fourth-order valence-electron chi connectivity index (χ4n) is 1.77. The van der Waals surface area contributed by atoms with E-state index in [-0.39, 0.29) is 30.3 Å². The smallest absolute Gasteiger partial charge is 0.251 e. The van der Waals surface area contributed by atoms with Crippen LogP contribution >= 0.6 is 0 Å². The van der Waals surface area contributed by atoms with Crippen molar-refractivity contribution < 1.29 is 19.1 Å². The van der Waals surface area contributed by atoms with E-state index in [9.17, 15) is 14.0 Å². The molecule has 0 aliphatic rings. The van der Waals surface area contributed by atoms with Crippen LogP contribution in [-0.2, 0) is 11.3 Å². The first kappa shape index (κ1) is 15.5. The lowest BCUT2D eigenvalue weighted by atomic mass is 10.2. The highest BCUT2D eigenvalue weighted by molar-refractivity contribution is 5.96. The molecule has 0 bridgehead atoms. The van der Waals surface area contributed by atoms with Crippen LogP contribution in [-0.4, -0.2) is 23.5 Å². The standard InChI is InChI=1S/C16H15FN2O3/c17-13-3-1-2-12(8-13)16(22)19-10-15(21)18-9-11-4-6-14(20)7-5-11/h1-8,20H,9-10H2,(H,18,21)(H,19,22). The first-order chi connectivity index (χ1) is 10.5. The zero-order chi connectivity index (χ0) is 15.9. The van der Waals surface area contributed by atoms with E-state index in [0.29, 0.717) is 0 Å². The van der Waals surface area contributed by atoms with Gasteiger partial charge >= 0.3 is 0 Å². The van der Waals surface area contributed by atoms with Crippen LogP contribution in [0, 0.1) is 5.82 Å². The highest BCUT2D eigenvalue weighted by Gasteiger charge is 2.08. The van der Waals surface area contributed by atoms with Crippen molar-refractivity contribution in [1.82, 2.24) is 10.6 Å². The number of benzene rings is 2. The SMILES string of the molecule is O=C(CNC(=O)c1cccc(F)c1)NCc1ccc(O)cc1. The first-order valence-electron chi connectivity index (χ1n) is 6.63. The van der Waals surface area contributed by atoms with Crippen LogP contribution in [0.3, 0.4) is 0 Å². The van der Waals surface area contributed by atoms with E-state index in [1.807, 2.05) is 0 Å². The monoisotopic (exact) mass is 302 g/mol. The van der Waals surface area contributed by atoms with Crippen molar-refractivity contribution >= 4 is 11.8 Å². The molecule has 5 nitrogen and oxygen atoms in total. The van der Waals surface area contributed by atoms with E-state index in [2.05, 4.69) is 10.6 Å². The van der Waals surface area contributed by atoms with Crippen LogP contribution < -0.4 is 10.6 Å². The maximum Gasteiger partial charge on any atom is 0.251 e. The molecule has 22 heavy (non-hydrogen) atoms. The molecule has 0 fully saturated rings. The number of nitrogens with one attached hydrogen (secondary N) is 2. The summed E-state index contributed by atoms with van der Waals surface area (Å²) in [5, 5.41) is 14.2. The number of rotatable bonds is 5. The average molecular weight is 302 g/mol. The quantitative estimate of drug-likeness (QED) is 0.784. The highest BCUT2D eigenvalue weighted by Crippen LogP contribution is 2.09. The lowest BCUT2D eigenvalue weighted by Crippen LogP contribution is -2.36. The maximum absolute atomic E-state index is 13.0. The highest BCUT2D eigenvalue weighted by atomic mass is 19.1. The zero-order valence-electron chi connectivity index (χ0n) is 11.7. The molecular weight excluding hydrogens is 287 g/mol. The van der Waals surface area contributed by atoms with E-state index in [1.54, 1.807) is 12.1 Å². The van der Waals surface area contributed by atoms with Crippen LogP contribution in [0.4, 0.5) is 4.39 Å². The number of phenols is 1. The summed E-state index contributed by atoms with van der Waals surface area (Å²) in [4.78, 5) is 23.4. The summed E-state index contributed by atoms with van der Waals surface area (Å²) in [6.45, 7) is 0.0857. The van der Waals surface area contributed by atoms with Crippen molar-refractivity contribution in [3.63, 3.8) is 0 Å². The Bertz CT molecular complexity index is 671. The molecule has 2 aromatic rings. The van der Waals surface area contributed by atoms with Crippen molar-refractivity contribution in [2.45, 2.75) is 6.54 Å². The minimum Gasteiger partial charge on any atom is -0.508 e. The van der Waals surface area contributed by atoms with Crippen molar-refractivity contribution in [1.29, 1.82) is 0 Å². The van der Waals surface area contributed by atoms with Gasteiger partial charge in [-0.1, -0.05) is 18.2 Å². The molecule has 0 aliphatic heterocycles. The van der Waals surface area contributed by atoms with Gasteiger partial charge in [-0.05, 0) is 35.9 Å². The zero-order valence-corrected chi connectivity index (χ0v) is 11.7. The van der Waals surface area contributed by atoms with Crippen LogP contribution in [0.5, 0.6) is 5.75 Å². The molecule has 6 heteroatoms. The van der Waals surface area contributed by atoms with Gasteiger partial charge in [0.15, 0.2) is 0 Å². The lowest BCUT2D eigenvalue weighted by molar-refractivity contribution is -0.120. The van der Waals surface area contributed by atoms with Gasteiger partial charge in [-0.2, -0.15) is 0 Å². The van der Waals surface area contributed by atoms with E-state index >= 15 is 0 Å². The third-order valence-corrected chi connectivity index (χ3v) is 2.92.